The Hall–Kier alpha value is -1.52. The van der Waals surface area contributed by atoms with Crippen molar-refractivity contribution in [3.05, 3.63) is 29.3 Å². The van der Waals surface area contributed by atoms with Crippen LogP contribution in [0.25, 0.3) is 0 Å². The molecule has 0 amide bonds. The largest absolute Gasteiger partial charge is 0.487 e. The first kappa shape index (κ1) is 14.9. The molecule has 0 N–H and O–H groups in total. The molecule has 1 heterocycles. The smallest absolute Gasteiger partial charge is 0.389 e. The number of hydrogen-bond acceptors (Lipinski definition) is 2. The molecular formula is C15H17F3O2. The van der Waals surface area contributed by atoms with E-state index in [2.05, 4.69) is 0 Å². The van der Waals surface area contributed by atoms with Crippen LogP contribution in [0.2, 0.25) is 0 Å². The van der Waals surface area contributed by atoms with Crippen LogP contribution in [0.1, 0.15) is 49.0 Å². The van der Waals surface area contributed by atoms with Gasteiger partial charge in [0.2, 0.25) is 0 Å². The lowest BCUT2D eigenvalue weighted by atomic mass is 9.91. The van der Waals surface area contributed by atoms with E-state index in [9.17, 15) is 18.0 Å². The highest BCUT2D eigenvalue weighted by atomic mass is 19.4. The van der Waals surface area contributed by atoms with Crippen LogP contribution >= 0.6 is 0 Å². The number of aryl methyl sites for hydroxylation is 1. The monoisotopic (exact) mass is 286 g/mol. The topological polar surface area (TPSA) is 26.3 Å². The maximum atomic E-state index is 12.1. The van der Waals surface area contributed by atoms with Gasteiger partial charge in [0, 0.05) is 6.42 Å². The lowest BCUT2D eigenvalue weighted by Crippen LogP contribution is -2.35. The molecule has 5 heteroatoms. The van der Waals surface area contributed by atoms with E-state index >= 15 is 0 Å². The van der Waals surface area contributed by atoms with Crippen molar-refractivity contribution in [2.75, 3.05) is 0 Å². The van der Waals surface area contributed by atoms with Crippen LogP contribution in [-0.2, 0) is 6.42 Å². The fraction of sp³-hybridized carbons (Fsp3) is 0.533. The molecule has 1 aromatic rings. The van der Waals surface area contributed by atoms with Crippen LogP contribution in [0.15, 0.2) is 18.2 Å². The molecule has 0 spiro atoms. The molecule has 0 saturated carbocycles. The number of Topliss-reactive ketones (excluding diaryl/α,β-unsaturated/α-hetero) is 1. The van der Waals surface area contributed by atoms with E-state index < -0.39 is 18.2 Å². The number of ketones is 1. The molecule has 0 bridgehead atoms. The predicted octanol–water partition coefficient (Wildman–Crippen LogP) is 4.32. The Morgan fingerprint density at radius 3 is 2.65 bits per heavy atom. The highest BCUT2D eigenvalue weighted by Gasteiger charge is 2.32. The molecular weight excluding hydrogens is 269 g/mol. The SMILES string of the molecule is CC1(C)CC(=O)c2cc(CCCC(F)(F)F)ccc2O1. The molecule has 0 atom stereocenters. The average Bonchev–Trinajstić information content (AvgIpc) is 2.27. The molecule has 0 radical (unpaired) electrons. The standard InChI is InChI=1S/C15H17F3O2/c1-14(2)9-12(19)11-8-10(5-6-13(11)20-14)4-3-7-15(16,17)18/h5-6,8H,3-4,7,9H2,1-2H3. The third-order valence-corrected chi connectivity index (χ3v) is 3.24. The summed E-state index contributed by atoms with van der Waals surface area (Å²) in [7, 11) is 0. The quantitative estimate of drug-likeness (QED) is 0.827. The number of fused-ring (bicyclic) bond motifs is 1. The van der Waals surface area contributed by atoms with Crippen molar-refractivity contribution in [1.29, 1.82) is 0 Å². The normalized spacial score (nSPS) is 17.6. The summed E-state index contributed by atoms with van der Waals surface area (Å²) in [6, 6.07) is 5.06. The predicted molar refractivity (Wildman–Crippen MR) is 69.1 cm³/mol. The number of hydrogen-bond donors (Lipinski definition) is 0. The van der Waals surface area contributed by atoms with Gasteiger partial charge in [-0.2, -0.15) is 13.2 Å². The Kier molecular flexibility index (Phi) is 3.80. The van der Waals surface area contributed by atoms with Crippen LogP contribution in [0.4, 0.5) is 13.2 Å². The molecule has 110 valence electrons. The van der Waals surface area contributed by atoms with Crippen LogP contribution in [-0.4, -0.2) is 17.6 Å². The minimum absolute atomic E-state index is 0.0195. The van der Waals surface area contributed by atoms with Crippen LogP contribution < -0.4 is 4.74 Å². The van der Waals surface area contributed by atoms with Gasteiger partial charge in [-0.3, -0.25) is 4.79 Å². The summed E-state index contributed by atoms with van der Waals surface area (Å²) in [5.41, 5.74) is 0.695. The molecule has 1 aliphatic rings. The molecule has 1 aliphatic heterocycles. The number of alkyl halides is 3. The summed E-state index contributed by atoms with van der Waals surface area (Å²) >= 11 is 0. The van der Waals surface area contributed by atoms with E-state index in [0.717, 1.165) is 5.56 Å². The van der Waals surface area contributed by atoms with Gasteiger partial charge in [-0.1, -0.05) is 6.07 Å². The Morgan fingerprint density at radius 1 is 1.30 bits per heavy atom. The van der Waals surface area contributed by atoms with Gasteiger partial charge >= 0.3 is 6.18 Å². The van der Waals surface area contributed by atoms with E-state index in [1.54, 1.807) is 18.2 Å². The van der Waals surface area contributed by atoms with Crippen molar-refractivity contribution < 1.29 is 22.7 Å². The highest BCUT2D eigenvalue weighted by molar-refractivity contribution is 6.00. The molecule has 2 rings (SSSR count). The molecule has 0 aromatic heterocycles. The zero-order valence-corrected chi connectivity index (χ0v) is 11.5. The Balaban J connectivity index is 2.09. The second-order valence-corrected chi connectivity index (χ2v) is 5.76. The zero-order valence-electron chi connectivity index (χ0n) is 11.5. The van der Waals surface area contributed by atoms with E-state index in [1.165, 1.54) is 0 Å². The first-order valence-electron chi connectivity index (χ1n) is 6.58. The van der Waals surface area contributed by atoms with Gasteiger partial charge in [-0.05, 0) is 44.4 Å². The Morgan fingerprint density at radius 2 is 2.00 bits per heavy atom. The van der Waals surface area contributed by atoms with Crippen molar-refractivity contribution in [2.45, 2.75) is 51.3 Å². The lowest BCUT2D eigenvalue weighted by Gasteiger charge is -2.31. The lowest BCUT2D eigenvalue weighted by molar-refractivity contribution is -0.135. The van der Waals surface area contributed by atoms with Crippen LogP contribution in [0, 0.1) is 0 Å². The summed E-state index contributed by atoms with van der Waals surface area (Å²) in [6.45, 7) is 3.68. The van der Waals surface area contributed by atoms with Gasteiger partial charge in [0.15, 0.2) is 5.78 Å². The summed E-state index contributed by atoms with van der Waals surface area (Å²) < 4.78 is 42.0. The number of rotatable bonds is 3. The van der Waals surface area contributed by atoms with Gasteiger partial charge < -0.3 is 4.74 Å². The summed E-state index contributed by atoms with van der Waals surface area (Å²) in [5.74, 6) is 0.500. The van der Waals surface area contributed by atoms with E-state index in [-0.39, 0.29) is 18.6 Å². The van der Waals surface area contributed by atoms with Gasteiger partial charge in [0.05, 0.1) is 12.0 Å². The van der Waals surface area contributed by atoms with Gasteiger partial charge in [-0.15, -0.1) is 0 Å². The summed E-state index contributed by atoms with van der Waals surface area (Å²) in [6.07, 6.45) is -4.31. The third kappa shape index (κ3) is 3.74. The number of halogens is 3. The number of carbonyl (C=O) groups excluding carboxylic acids is 1. The molecule has 0 aliphatic carbocycles. The Labute approximate surface area is 115 Å². The fourth-order valence-electron chi connectivity index (χ4n) is 2.35. The minimum Gasteiger partial charge on any atom is -0.487 e. The van der Waals surface area contributed by atoms with Crippen LogP contribution in [0.5, 0.6) is 5.75 Å². The van der Waals surface area contributed by atoms with E-state index in [4.69, 9.17) is 4.74 Å². The molecule has 2 nitrogen and oxygen atoms in total. The van der Waals surface area contributed by atoms with Crippen molar-refractivity contribution in [3.63, 3.8) is 0 Å². The summed E-state index contributed by atoms with van der Waals surface area (Å²) in [5, 5.41) is 0. The highest BCUT2D eigenvalue weighted by Crippen LogP contribution is 2.34. The first-order valence-corrected chi connectivity index (χ1v) is 6.58. The van der Waals surface area contributed by atoms with Gasteiger partial charge in [0.1, 0.15) is 11.4 Å². The van der Waals surface area contributed by atoms with Crippen LogP contribution in [0.3, 0.4) is 0 Å². The second kappa shape index (κ2) is 5.11. The first-order chi connectivity index (χ1) is 9.16. The number of benzene rings is 1. The molecule has 1 aromatic carbocycles. The van der Waals surface area contributed by atoms with E-state index in [1.807, 2.05) is 13.8 Å². The minimum atomic E-state index is -4.13. The van der Waals surface area contributed by atoms with Gasteiger partial charge in [0.25, 0.3) is 0 Å². The van der Waals surface area contributed by atoms with Crippen molar-refractivity contribution in [3.8, 4) is 5.75 Å². The van der Waals surface area contributed by atoms with E-state index in [0.29, 0.717) is 17.7 Å². The molecule has 0 saturated heterocycles. The fourth-order valence-corrected chi connectivity index (χ4v) is 2.35. The second-order valence-electron chi connectivity index (χ2n) is 5.76. The summed E-state index contributed by atoms with van der Waals surface area (Å²) in [4.78, 5) is 12.0. The zero-order chi connectivity index (χ0) is 15.0. The third-order valence-electron chi connectivity index (χ3n) is 3.24. The van der Waals surface area contributed by atoms with Crippen molar-refractivity contribution >= 4 is 5.78 Å². The number of carbonyl (C=O) groups is 1. The van der Waals surface area contributed by atoms with Gasteiger partial charge in [-0.25, -0.2) is 0 Å². The maximum absolute atomic E-state index is 12.1. The Bertz CT molecular complexity index is 518. The maximum Gasteiger partial charge on any atom is 0.389 e. The van der Waals surface area contributed by atoms with Crippen molar-refractivity contribution in [1.82, 2.24) is 0 Å². The average molecular weight is 286 g/mol. The number of ether oxygens (including phenoxy) is 1. The van der Waals surface area contributed by atoms with Crippen molar-refractivity contribution in [2.24, 2.45) is 0 Å². The molecule has 0 fully saturated rings. The molecule has 20 heavy (non-hydrogen) atoms. The molecule has 0 unspecified atom stereocenters.